The molecule has 0 spiro atoms. The van der Waals surface area contributed by atoms with Gasteiger partial charge in [-0.15, -0.1) is 11.3 Å². The highest BCUT2D eigenvalue weighted by molar-refractivity contribution is 7.09. The number of aliphatic carboxylic acids is 1. The second-order valence-corrected chi connectivity index (χ2v) is 6.68. The molecular formula is C14H22N2O2S. The topological polar surface area (TPSA) is 53.4 Å². The number of likely N-dealkylation sites (tertiary alicyclic amines) is 1. The highest BCUT2D eigenvalue weighted by Crippen LogP contribution is 2.30. The summed E-state index contributed by atoms with van der Waals surface area (Å²) in [6.07, 6.45) is 2.79. The number of aromatic nitrogens is 1. The third kappa shape index (κ3) is 2.98. The van der Waals surface area contributed by atoms with Crippen molar-refractivity contribution in [2.24, 2.45) is 0 Å². The van der Waals surface area contributed by atoms with Gasteiger partial charge < -0.3 is 5.11 Å². The number of nitrogens with zero attached hydrogens (tertiary/aromatic N) is 2. The van der Waals surface area contributed by atoms with Crippen molar-refractivity contribution in [1.29, 1.82) is 0 Å². The van der Waals surface area contributed by atoms with Gasteiger partial charge in [0.25, 0.3) is 0 Å². The first-order valence-electron chi connectivity index (χ1n) is 6.86. The summed E-state index contributed by atoms with van der Waals surface area (Å²) in [7, 11) is 0. The van der Waals surface area contributed by atoms with E-state index in [4.69, 9.17) is 0 Å². The molecule has 1 N–H and O–H groups in total. The monoisotopic (exact) mass is 282 g/mol. The number of piperidine rings is 1. The summed E-state index contributed by atoms with van der Waals surface area (Å²) in [6.45, 7) is 7.59. The number of carboxylic acids is 1. The molecule has 1 unspecified atom stereocenters. The predicted octanol–water partition coefficient (Wildman–Crippen LogP) is 3.10. The van der Waals surface area contributed by atoms with Crippen LogP contribution >= 0.6 is 11.3 Å². The standard InChI is InChI=1S/C14H22N2O2S/c1-10(2)12-15-11(9-19-12)8-16-7-5-4-6-14(16,3)13(17)18/h9-10H,4-8H2,1-3H3,(H,17,18). The lowest BCUT2D eigenvalue weighted by atomic mass is 9.88. The zero-order valence-electron chi connectivity index (χ0n) is 11.8. The summed E-state index contributed by atoms with van der Waals surface area (Å²) in [5, 5.41) is 12.7. The molecule has 0 aliphatic carbocycles. The Hall–Kier alpha value is -0.940. The predicted molar refractivity (Wildman–Crippen MR) is 76.5 cm³/mol. The van der Waals surface area contributed by atoms with E-state index in [2.05, 4.69) is 29.1 Å². The molecule has 2 heterocycles. The van der Waals surface area contributed by atoms with Gasteiger partial charge in [-0.1, -0.05) is 13.8 Å². The molecule has 19 heavy (non-hydrogen) atoms. The van der Waals surface area contributed by atoms with Crippen LogP contribution in [0, 0.1) is 0 Å². The first-order valence-corrected chi connectivity index (χ1v) is 7.74. The van der Waals surface area contributed by atoms with Crippen molar-refractivity contribution < 1.29 is 9.90 Å². The average Bonchev–Trinajstić information content (AvgIpc) is 2.81. The molecule has 1 aliphatic heterocycles. The Morgan fingerprint density at radius 3 is 2.89 bits per heavy atom. The molecule has 1 atom stereocenters. The molecule has 0 radical (unpaired) electrons. The van der Waals surface area contributed by atoms with Crippen LogP contribution < -0.4 is 0 Å². The summed E-state index contributed by atoms with van der Waals surface area (Å²) in [5.41, 5.74) is 0.267. The Morgan fingerprint density at radius 2 is 2.32 bits per heavy atom. The number of rotatable bonds is 4. The molecule has 106 valence electrons. The molecule has 1 aromatic rings. The molecule has 0 saturated carbocycles. The maximum absolute atomic E-state index is 11.5. The quantitative estimate of drug-likeness (QED) is 0.922. The lowest BCUT2D eigenvalue weighted by Gasteiger charge is -2.41. The van der Waals surface area contributed by atoms with Gasteiger partial charge in [0.15, 0.2) is 0 Å². The van der Waals surface area contributed by atoms with Gasteiger partial charge in [0, 0.05) is 17.8 Å². The van der Waals surface area contributed by atoms with E-state index in [9.17, 15) is 9.90 Å². The van der Waals surface area contributed by atoms with Crippen molar-refractivity contribution in [3.8, 4) is 0 Å². The molecule has 0 amide bonds. The Labute approximate surface area is 118 Å². The van der Waals surface area contributed by atoms with Gasteiger partial charge in [-0.25, -0.2) is 4.98 Å². The lowest BCUT2D eigenvalue weighted by molar-refractivity contribution is -0.153. The third-order valence-electron chi connectivity index (χ3n) is 3.92. The van der Waals surface area contributed by atoms with Gasteiger partial charge in [0.1, 0.15) is 5.54 Å². The molecule has 1 saturated heterocycles. The van der Waals surface area contributed by atoms with Gasteiger partial charge in [0.05, 0.1) is 10.7 Å². The molecule has 1 aliphatic rings. The van der Waals surface area contributed by atoms with E-state index in [1.54, 1.807) is 11.3 Å². The fourth-order valence-corrected chi connectivity index (χ4v) is 3.35. The van der Waals surface area contributed by atoms with Gasteiger partial charge in [-0.3, -0.25) is 9.69 Å². The first-order chi connectivity index (χ1) is 8.93. The van der Waals surface area contributed by atoms with Gasteiger partial charge in [-0.2, -0.15) is 0 Å². The molecule has 5 heteroatoms. The highest BCUT2D eigenvalue weighted by atomic mass is 32.1. The van der Waals surface area contributed by atoms with Crippen LogP contribution in [0.15, 0.2) is 5.38 Å². The maximum Gasteiger partial charge on any atom is 0.323 e. The minimum Gasteiger partial charge on any atom is -0.480 e. The number of carboxylic acid groups (broad SMARTS) is 1. The van der Waals surface area contributed by atoms with E-state index in [1.165, 1.54) is 0 Å². The van der Waals surface area contributed by atoms with Crippen LogP contribution in [0.1, 0.15) is 56.7 Å². The minimum absolute atomic E-state index is 0.436. The average molecular weight is 282 g/mol. The fraction of sp³-hybridized carbons (Fsp3) is 0.714. The van der Waals surface area contributed by atoms with Crippen molar-refractivity contribution in [2.45, 2.75) is 58.0 Å². The zero-order chi connectivity index (χ0) is 14.0. The first kappa shape index (κ1) is 14.5. The molecular weight excluding hydrogens is 260 g/mol. The summed E-state index contributed by atoms with van der Waals surface area (Å²) in [4.78, 5) is 18.2. The van der Waals surface area contributed by atoms with E-state index < -0.39 is 11.5 Å². The van der Waals surface area contributed by atoms with Crippen LogP contribution in [0.25, 0.3) is 0 Å². The largest absolute Gasteiger partial charge is 0.480 e. The molecule has 0 bridgehead atoms. The molecule has 1 fully saturated rings. The number of thiazole rings is 1. The van der Waals surface area contributed by atoms with Gasteiger partial charge in [0.2, 0.25) is 0 Å². The van der Waals surface area contributed by atoms with Crippen molar-refractivity contribution in [1.82, 2.24) is 9.88 Å². The summed E-state index contributed by atoms with van der Waals surface area (Å²) in [5.74, 6) is -0.280. The zero-order valence-corrected chi connectivity index (χ0v) is 12.7. The molecule has 4 nitrogen and oxygen atoms in total. The van der Waals surface area contributed by atoms with E-state index in [1.807, 2.05) is 6.92 Å². The summed E-state index contributed by atoms with van der Waals surface area (Å²) in [6, 6.07) is 0. The normalized spacial score (nSPS) is 24.8. The van der Waals surface area contributed by atoms with E-state index in [0.29, 0.717) is 12.5 Å². The van der Waals surface area contributed by atoms with Crippen molar-refractivity contribution >= 4 is 17.3 Å². The number of carbonyl (C=O) groups is 1. The second kappa shape index (κ2) is 5.59. The second-order valence-electron chi connectivity index (χ2n) is 5.79. The minimum atomic E-state index is -0.736. The van der Waals surface area contributed by atoms with Crippen LogP contribution in [-0.2, 0) is 11.3 Å². The smallest absolute Gasteiger partial charge is 0.323 e. The number of hydrogen-bond acceptors (Lipinski definition) is 4. The van der Waals surface area contributed by atoms with Crippen LogP contribution in [0.4, 0.5) is 0 Å². The Morgan fingerprint density at radius 1 is 1.58 bits per heavy atom. The SMILES string of the molecule is CC(C)c1nc(CN2CCCCC2(C)C(=O)O)cs1. The van der Waals surface area contributed by atoms with Crippen LogP contribution in [0.5, 0.6) is 0 Å². The number of hydrogen-bond donors (Lipinski definition) is 1. The third-order valence-corrected chi connectivity index (χ3v) is 5.11. The molecule has 1 aromatic heterocycles. The fourth-order valence-electron chi connectivity index (χ4n) is 2.53. The van der Waals surface area contributed by atoms with Crippen LogP contribution in [0.3, 0.4) is 0 Å². The highest BCUT2D eigenvalue weighted by Gasteiger charge is 2.41. The van der Waals surface area contributed by atoms with Crippen molar-refractivity contribution in [2.75, 3.05) is 6.54 Å². The maximum atomic E-state index is 11.5. The Kier molecular flexibility index (Phi) is 4.26. The lowest BCUT2D eigenvalue weighted by Crippen LogP contribution is -2.54. The van der Waals surface area contributed by atoms with Gasteiger partial charge in [-0.05, 0) is 32.7 Å². The Bertz CT molecular complexity index is 458. The van der Waals surface area contributed by atoms with Crippen LogP contribution in [0.2, 0.25) is 0 Å². The van der Waals surface area contributed by atoms with E-state index in [-0.39, 0.29) is 0 Å². The van der Waals surface area contributed by atoms with Crippen molar-refractivity contribution in [3.63, 3.8) is 0 Å². The summed E-state index contributed by atoms with van der Waals surface area (Å²) < 4.78 is 0. The van der Waals surface area contributed by atoms with Crippen molar-refractivity contribution in [3.05, 3.63) is 16.1 Å². The van der Waals surface area contributed by atoms with Crippen LogP contribution in [-0.4, -0.2) is 33.0 Å². The van der Waals surface area contributed by atoms with Gasteiger partial charge >= 0.3 is 5.97 Å². The van der Waals surface area contributed by atoms with E-state index >= 15 is 0 Å². The van der Waals surface area contributed by atoms with E-state index in [0.717, 1.165) is 36.5 Å². The molecule has 2 rings (SSSR count). The molecule has 0 aromatic carbocycles. The Balaban J connectivity index is 2.13. The summed E-state index contributed by atoms with van der Waals surface area (Å²) >= 11 is 1.67.